The Morgan fingerprint density at radius 3 is 2.74 bits per heavy atom. The lowest BCUT2D eigenvalue weighted by molar-refractivity contribution is -0.118. The summed E-state index contributed by atoms with van der Waals surface area (Å²) in [6, 6.07) is 12.0. The van der Waals surface area contributed by atoms with Gasteiger partial charge in [0.25, 0.3) is 5.91 Å². The molecule has 0 fully saturated rings. The molecule has 122 valence electrons. The van der Waals surface area contributed by atoms with Gasteiger partial charge >= 0.3 is 0 Å². The van der Waals surface area contributed by atoms with Crippen LogP contribution in [0.25, 0.3) is 0 Å². The zero-order valence-corrected chi connectivity index (χ0v) is 14.6. The van der Waals surface area contributed by atoms with Crippen LogP contribution < -0.4 is 10.1 Å². The van der Waals surface area contributed by atoms with Crippen LogP contribution in [-0.2, 0) is 11.3 Å². The fourth-order valence-corrected chi connectivity index (χ4v) is 2.38. The summed E-state index contributed by atoms with van der Waals surface area (Å²) in [4.78, 5) is 14.0. The standard InChI is InChI=1S/C17H18BrFN2O2/c1-21(2)10-12-4-3-5-14(8-12)20-17(22)11-23-16-7-6-13(18)9-15(16)19/h3-9H,10-11H2,1-2H3,(H,20,22). The van der Waals surface area contributed by atoms with E-state index in [9.17, 15) is 9.18 Å². The van der Waals surface area contributed by atoms with Gasteiger partial charge < -0.3 is 15.0 Å². The van der Waals surface area contributed by atoms with Crippen LogP contribution in [0.5, 0.6) is 5.75 Å². The topological polar surface area (TPSA) is 41.6 Å². The Kier molecular flexibility index (Phi) is 6.12. The molecule has 23 heavy (non-hydrogen) atoms. The van der Waals surface area contributed by atoms with Crippen LogP contribution in [0.3, 0.4) is 0 Å². The van der Waals surface area contributed by atoms with Crippen LogP contribution in [0, 0.1) is 5.82 Å². The third-order valence-corrected chi connectivity index (χ3v) is 3.46. The van der Waals surface area contributed by atoms with Gasteiger partial charge in [-0.25, -0.2) is 4.39 Å². The number of carbonyl (C=O) groups is 1. The summed E-state index contributed by atoms with van der Waals surface area (Å²) < 4.78 is 19.4. The molecule has 0 unspecified atom stereocenters. The molecule has 0 aliphatic rings. The Labute approximate surface area is 143 Å². The molecule has 0 aliphatic heterocycles. The van der Waals surface area contributed by atoms with Gasteiger partial charge in [-0.1, -0.05) is 28.1 Å². The fourth-order valence-electron chi connectivity index (χ4n) is 2.05. The smallest absolute Gasteiger partial charge is 0.262 e. The monoisotopic (exact) mass is 380 g/mol. The maximum absolute atomic E-state index is 13.6. The van der Waals surface area contributed by atoms with E-state index in [1.807, 2.05) is 37.2 Å². The van der Waals surface area contributed by atoms with E-state index in [4.69, 9.17) is 4.74 Å². The van der Waals surface area contributed by atoms with Gasteiger partial charge in [0, 0.05) is 16.7 Å². The van der Waals surface area contributed by atoms with Crippen LogP contribution in [0.2, 0.25) is 0 Å². The summed E-state index contributed by atoms with van der Waals surface area (Å²) in [5, 5.41) is 2.74. The lowest BCUT2D eigenvalue weighted by atomic mass is 10.2. The minimum atomic E-state index is -0.514. The molecule has 2 rings (SSSR count). The molecule has 0 saturated heterocycles. The lowest BCUT2D eigenvalue weighted by Gasteiger charge is -2.12. The molecular weight excluding hydrogens is 363 g/mol. The fraction of sp³-hybridized carbons (Fsp3) is 0.235. The number of amides is 1. The first-order valence-electron chi connectivity index (χ1n) is 7.05. The van der Waals surface area contributed by atoms with Gasteiger partial charge in [0.2, 0.25) is 0 Å². The SMILES string of the molecule is CN(C)Cc1cccc(NC(=O)COc2ccc(Br)cc2F)c1. The maximum atomic E-state index is 13.6. The zero-order valence-electron chi connectivity index (χ0n) is 13.0. The Morgan fingerprint density at radius 2 is 2.04 bits per heavy atom. The number of benzene rings is 2. The number of nitrogens with one attached hydrogen (secondary N) is 1. The Hall–Kier alpha value is -1.92. The third kappa shape index (κ3) is 5.65. The van der Waals surface area contributed by atoms with E-state index in [0.29, 0.717) is 10.2 Å². The molecule has 6 heteroatoms. The molecule has 0 heterocycles. The average Bonchev–Trinajstić information content (AvgIpc) is 2.46. The van der Waals surface area contributed by atoms with Crippen molar-refractivity contribution in [3.05, 3.63) is 58.3 Å². The second-order valence-corrected chi connectivity index (χ2v) is 6.27. The number of hydrogen-bond donors (Lipinski definition) is 1. The van der Waals surface area contributed by atoms with Crippen molar-refractivity contribution in [3.63, 3.8) is 0 Å². The van der Waals surface area contributed by atoms with Crippen LogP contribution in [0.4, 0.5) is 10.1 Å². The number of nitrogens with zero attached hydrogens (tertiary/aromatic N) is 1. The van der Waals surface area contributed by atoms with Gasteiger partial charge in [0.15, 0.2) is 18.2 Å². The van der Waals surface area contributed by atoms with Crippen molar-refractivity contribution in [2.75, 3.05) is 26.0 Å². The molecule has 0 aromatic heterocycles. The molecular formula is C17H18BrFN2O2. The van der Waals surface area contributed by atoms with Gasteiger partial charge in [0.05, 0.1) is 0 Å². The molecule has 0 spiro atoms. The highest BCUT2D eigenvalue weighted by Crippen LogP contribution is 2.21. The van der Waals surface area contributed by atoms with Gasteiger partial charge in [-0.05, 0) is 50.0 Å². The van der Waals surface area contributed by atoms with E-state index >= 15 is 0 Å². The predicted molar refractivity (Wildman–Crippen MR) is 92.1 cm³/mol. The van der Waals surface area contributed by atoms with E-state index < -0.39 is 5.82 Å². The first-order chi connectivity index (χ1) is 10.9. The number of halogens is 2. The second-order valence-electron chi connectivity index (χ2n) is 5.35. The van der Waals surface area contributed by atoms with Gasteiger partial charge in [-0.3, -0.25) is 4.79 Å². The molecule has 0 bridgehead atoms. The first kappa shape index (κ1) is 17.4. The Bertz CT molecular complexity index is 692. The Morgan fingerprint density at radius 1 is 1.26 bits per heavy atom. The molecule has 0 saturated carbocycles. The molecule has 0 radical (unpaired) electrons. The third-order valence-electron chi connectivity index (χ3n) is 2.96. The van der Waals surface area contributed by atoms with Gasteiger partial charge in [-0.2, -0.15) is 0 Å². The molecule has 1 amide bonds. The highest BCUT2D eigenvalue weighted by molar-refractivity contribution is 9.10. The van der Waals surface area contributed by atoms with Crippen molar-refractivity contribution in [2.24, 2.45) is 0 Å². The van der Waals surface area contributed by atoms with Crippen molar-refractivity contribution >= 4 is 27.5 Å². The number of ether oxygens (including phenoxy) is 1. The van der Waals surface area contributed by atoms with Crippen LogP contribution >= 0.6 is 15.9 Å². The average molecular weight is 381 g/mol. The molecule has 4 nitrogen and oxygen atoms in total. The maximum Gasteiger partial charge on any atom is 0.262 e. The normalized spacial score (nSPS) is 10.7. The highest BCUT2D eigenvalue weighted by atomic mass is 79.9. The molecule has 1 N–H and O–H groups in total. The zero-order chi connectivity index (χ0) is 16.8. The molecule has 2 aromatic carbocycles. The largest absolute Gasteiger partial charge is 0.481 e. The summed E-state index contributed by atoms with van der Waals surface area (Å²) >= 11 is 3.17. The van der Waals surface area contributed by atoms with E-state index in [1.165, 1.54) is 12.1 Å². The number of rotatable bonds is 6. The van der Waals surface area contributed by atoms with E-state index in [2.05, 4.69) is 21.2 Å². The summed E-state index contributed by atoms with van der Waals surface area (Å²) in [5.41, 5.74) is 1.78. The quantitative estimate of drug-likeness (QED) is 0.831. The van der Waals surface area contributed by atoms with Crippen LogP contribution in [0.15, 0.2) is 46.9 Å². The highest BCUT2D eigenvalue weighted by Gasteiger charge is 2.08. The van der Waals surface area contributed by atoms with Gasteiger partial charge in [0.1, 0.15) is 0 Å². The van der Waals surface area contributed by atoms with Crippen molar-refractivity contribution in [3.8, 4) is 5.75 Å². The molecule has 0 aliphatic carbocycles. The predicted octanol–water partition coefficient (Wildman–Crippen LogP) is 3.67. The summed E-state index contributed by atoms with van der Waals surface area (Å²) in [6.45, 7) is 0.529. The van der Waals surface area contributed by atoms with Crippen LogP contribution in [0.1, 0.15) is 5.56 Å². The lowest BCUT2D eigenvalue weighted by Crippen LogP contribution is -2.20. The minimum Gasteiger partial charge on any atom is -0.481 e. The number of carbonyl (C=O) groups excluding carboxylic acids is 1. The van der Waals surface area contributed by atoms with E-state index in [-0.39, 0.29) is 18.3 Å². The summed E-state index contributed by atoms with van der Waals surface area (Å²) in [6.07, 6.45) is 0. The number of hydrogen-bond acceptors (Lipinski definition) is 3. The summed E-state index contributed by atoms with van der Waals surface area (Å²) in [7, 11) is 3.96. The minimum absolute atomic E-state index is 0.0460. The number of anilines is 1. The van der Waals surface area contributed by atoms with Crippen molar-refractivity contribution < 1.29 is 13.9 Å². The van der Waals surface area contributed by atoms with Gasteiger partial charge in [-0.15, -0.1) is 0 Å². The Balaban J connectivity index is 1.92. The first-order valence-corrected chi connectivity index (χ1v) is 7.85. The molecule has 2 aromatic rings. The van der Waals surface area contributed by atoms with Crippen molar-refractivity contribution in [1.82, 2.24) is 4.90 Å². The molecule has 0 atom stereocenters. The van der Waals surface area contributed by atoms with E-state index in [1.54, 1.807) is 12.1 Å². The summed E-state index contributed by atoms with van der Waals surface area (Å²) in [5.74, 6) is -0.806. The van der Waals surface area contributed by atoms with E-state index in [0.717, 1.165) is 12.1 Å². The van der Waals surface area contributed by atoms with Crippen molar-refractivity contribution in [2.45, 2.75) is 6.54 Å². The second kappa shape index (κ2) is 8.08. The van der Waals surface area contributed by atoms with Crippen LogP contribution in [-0.4, -0.2) is 31.5 Å². The van der Waals surface area contributed by atoms with Crippen molar-refractivity contribution in [1.29, 1.82) is 0 Å².